The van der Waals surface area contributed by atoms with Crippen LogP contribution in [0.15, 0.2) is 12.4 Å². The number of nitrogens with one attached hydrogen (secondary N) is 3. The van der Waals surface area contributed by atoms with Gasteiger partial charge in [-0.05, 0) is 6.54 Å². The Morgan fingerprint density at radius 2 is 2.53 bits per heavy atom. The number of ether oxygens (including phenoxy) is 1. The van der Waals surface area contributed by atoms with E-state index in [-0.39, 0.29) is 17.9 Å². The Balaban J connectivity index is 1.82. The summed E-state index contributed by atoms with van der Waals surface area (Å²) < 4.78 is 5.34. The first-order valence-corrected chi connectivity index (χ1v) is 5.87. The highest BCUT2D eigenvalue weighted by molar-refractivity contribution is 5.79. The van der Waals surface area contributed by atoms with E-state index in [0.717, 1.165) is 12.1 Å². The summed E-state index contributed by atoms with van der Waals surface area (Å²) in [5.74, 6) is -0.0588. The van der Waals surface area contributed by atoms with Crippen molar-refractivity contribution in [3.63, 3.8) is 0 Å². The van der Waals surface area contributed by atoms with Gasteiger partial charge in [0.2, 0.25) is 5.91 Å². The highest BCUT2D eigenvalue weighted by Gasteiger charge is 2.33. The number of aromatic amines is 1. The molecule has 1 aliphatic heterocycles. The highest BCUT2D eigenvalue weighted by atomic mass is 16.5. The fraction of sp³-hybridized carbons (Fsp3) is 0.636. The van der Waals surface area contributed by atoms with Gasteiger partial charge in [-0.15, -0.1) is 0 Å². The molecular weight excluding hydrogens is 220 g/mol. The number of amides is 1. The van der Waals surface area contributed by atoms with Crippen LogP contribution in [-0.4, -0.2) is 41.9 Å². The third-order valence-electron chi connectivity index (χ3n) is 2.91. The maximum absolute atomic E-state index is 12.0. The average Bonchev–Trinajstić information content (AvgIpc) is 2.97. The molecule has 1 aromatic heterocycles. The fourth-order valence-electron chi connectivity index (χ4n) is 1.97. The molecule has 3 N–H and O–H groups in total. The van der Waals surface area contributed by atoms with E-state index in [0.29, 0.717) is 19.8 Å². The van der Waals surface area contributed by atoms with E-state index >= 15 is 0 Å². The van der Waals surface area contributed by atoms with E-state index in [2.05, 4.69) is 20.8 Å². The van der Waals surface area contributed by atoms with E-state index in [1.165, 1.54) is 0 Å². The summed E-state index contributed by atoms with van der Waals surface area (Å²) in [6, 6.07) is 0.129. The summed E-state index contributed by atoms with van der Waals surface area (Å²) >= 11 is 0. The van der Waals surface area contributed by atoms with Crippen molar-refractivity contribution in [1.29, 1.82) is 0 Å². The molecule has 2 rings (SSSR count). The quantitative estimate of drug-likeness (QED) is 0.655. The molecule has 0 bridgehead atoms. The number of rotatable bonds is 5. The number of likely N-dealkylation sites (N-methyl/N-ethyl adjacent to an activating group) is 1. The second kappa shape index (κ2) is 5.79. The van der Waals surface area contributed by atoms with Crippen molar-refractivity contribution in [3.8, 4) is 0 Å². The molecule has 1 aliphatic rings. The maximum Gasteiger partial charge on any atom is 0.227 e. The molecular formula is C11H18N4O2. The summed E-state index contributed by atoms with van der Waals surface area (Å²) in [5.41, 5.74) is 0.970. The van der Waals surface area contributed by atoms with Gasteiger partial charge in [-0.1, -0.05) is 6.92 Å². The van der Waals surface area contributed by atoms with Crippen molar-refractivity contribution < 1.29 is 9.53 Å². The third-order valence-corrected chi connectivity index (χ3v) is 2.91. The molecule has 1 amide bonds. The van der Waals surface area contributed by atoms with Crippen LogP contribution < -0.4 is 10.6 Å². The van der Waals surface area contributed by atoms with E-state index in [1.54, 1.807) is 12.4 Å². The van der Waals surface area contributed by atoms with Gasteiger partial charge in [-0.25, -0.2) is 0 Å². The Labute approximate surface area is 100 Å². The van der Waals surface area contributed by atoms with Crippen molar-refractivity contribution in [1.82, 2.24) is 20.8 Å². The first-order chi connectivity index (χ1) is 8.31. The number of carbonyl (C=O) groups excluding carboxylic acids is 1. The summed E-state index contributed by atoms with van der Waals surface area (Å²) in [6.45, 7) is 4.48. The topological polar surface area (TPSA) is 79.0 Å². The predicted octanol–water partition coefficient (Wildman–Crippen LogP) is -0.350. The molecule has 2 atom stereocenters. The Morgan fingerprint density at radius 1 is 1.65 bits per heavy atom. The van der Waals surface area contributed by atoms with Crippen molar-refractivity contribution in [2.45, 2.75) is 19.5 Å². The van der Waals surface area contributed by atoms with Crippen LogP contribution in [0.3, 0.4) is 0 Å². The van der Waals surface area contributed by atoms with E-state index in [9.17, 15) is 4.79 Å². The van der Waals surface area contributed by atoms with Crippen molar-refractivity contribution >= 4 is 5.91 Å². The van der Waals surface area contributed by atoms with Gasteiger partial charge in [0.1, 0.15) is 0 Å². The molecule has 6 heteroatoms. The van der Waals surface area contributed by atoms with Gasteiger partial charge in [-0.2, -0.15) is 5.10 Å². The molecule has 0 aromatic carbocycles. The van der Waals surface area contributed by atoms with Crippen LogP contribution in [0.5, 0.6) is 0 Å². The lowest BCUT2D eigenvalue weighted by Crippen LogP contribution is -2.43. The van der Waals surface area contributed by atoms with Crippen molar-refractivity contribution in [2.24, 2.45) is 5.92 Å². The zero-order valence-corrected chi connectivity index (χ0v) is 9.90. The van der Waals surface area contributed by atoms with Gasteiger partial charge in [0.15, 0.2) is 0 Å². The van der Waals surface area contributed by atoms with Crippen LogP contribution >= 0.6 is 0 Å². The van der Waals surface area contributed by atoms with Crippen LogP contribution in [-0.2, 0) is 16.1 Å². The number of hydrogen-bond acceptors (Lipinski definition) is 4. The maximum atomic E-state index is 12.0. The van der Waals surface area contributed by atoms with Crippen LogP contribution in [0, 0.1) is 5.92 Å². The number of nitrogens with zero attached hydrogens (tertiary/aromatic N) is 1. The molecule has 1 fully saturated rings. The fourth-order valence-corrected chi connectivity index (χ4v) is 1.97. The first kappa shape index (κ1) is 12.1. The first-order valence-electron chi connectivity index (χ1n) is 5.87. The lowest BCUT2D eigenvalue weighted by molar-refractivity contribution is -0.125. The predicted molar refractivity (Wildman–Crippen MR) is 62.2 cm³/mol. The zero-order valence-electron chi connectivity index (χ0n) is 9.90. The van der Waals surface area contributed by atoms with E-state index in [4.69, 9.17) is 4.74 Å². The molecule has 2 unspecified atom stereocenters. The number of carbonyl (C=O) groups is 1. The molecule has 17 heavy (non-hydrogen) atoms. The van der Waals surface area contributed by atoms with Crippen molar-refractivity contribution in [3.05, 3.63) is 18.0 Å². The third kappa shape index (κ3) is 3.04. The monoisotopic (exact) mass is 238 g/mol. The minimum atomic E-state index is -0.0955. The summed E-state index contributed by atoms with van der Waals surface area (Å²) in [4.78, 5) is 12.0. The molecule has 2 heterocycles. The minimum absolute atomic E-state index is 0.0367. The number of aromatic nitrogens is 2. The van der Waals surface area contributed by atoms with Crippen LogP contribution in [0.1, 0.15) is 12.5 Å². The van der Waals surface area contributed by atoms with Crippen LogP contribution in [0.4, 0.5) is 0 Å². The van der Waals surface area contributed by atoms with Gasteiger partial charge in [0, 0.05) is 24.3 Å². The van der Waals surface area contributed by atoms with Crippen LogP contribution in [0.25, 0.3) is 0 Å². The number of hydrogen-bond donors (Lipinski definition) is 3. The molecule has 1 aromatic rings. The van der Waals surface area contributed by atoms with Crippen molar-refractivity contribution in [2.75, 3.05) is 19.8 Å². The lowest BCUT2D eigenvalue weighted by atomic mass is 10.0. The summed E-state index contributed by atoms with van der Waals surface area (Å²) in [7, 11) is 0. The van der Waals surface area contributed by atoms with E-state index < -0.39 is 0 Å². The molecule has 0 spiro atoms. The molecule has 0 radical (unpaired) electrons. The van der Waals surface area contributed by atoms with E-state index in [1.807, 2.05) is 6.92 Å². The highest BCUT2D eigenvalue weighted by Crippen LogP contribution is 2.13. The lowest BCUT2D eigenvalue weighted by Gasteiger charge is -2.17. The Bertz CT molecular complexity index is 352. The zero-order chi connectivity index (χ0) is 12.1. The summed E-state index contributed by atoms with van der Waals surface area (Å²) in [6.07, 6.45) is 3.47. The van der Waals surface area contributed by atoms with Gasteiger partial charge >= 0.3 is 0 Å². The second-order valence-corrected chi connectivity index (χ2v) is 4.13. The van der Waals surface area contributed by atoms with Gasteiger partial charge in [-0.3, -0.25) is 9.89 Å². The molecule has 1 saturated heterocycles. The summed E-state index contributed by atoms with van der Waals surface area (Å²) in [5, 5.41) is 12.7. The Kier molecular flexibility index (Phi) is 4.11. The van der Waals surface area contributed by atoms with Gasteiger partial charge < -0.3 is 15.4 Å². The molecule has 94 valence electrons. The number of H-pyrrole nitrogens is 1. The second-order valence-electron chi connectivity index (χ2n) is 4.13. The molecule has 0 aliphatic carbocycles. The molecule has 6 nitrogen and oxygen atoms in total. The van der Waals surface area contributed by atoms with Crippen LogP contribution in [0.2, 0.25) is 0 Å². The average molecular weight is 238 g/mol. The largest absolute Gasteiger partial charge is 0.379 e. The standard InChI is InChI=1S/C11H18N4O2/c1-2-12-10-7-17-6-9(10)11(16)13-3-8-4-14-15-5-8/h4-5,9-10,12H,2-3,6-7H2,1H3,(H,13,16)(H,14,15). The van der Waals surface area contributed by atoms with Gasteiger partial charge in [0.05, 0.1) is 25.3 Å². The minimum Gasteiger partial charge on any atom is -0.379 e. The van der Waals surface area contributed by atoms with Gasteiger partial charge in [0.25, 0.3) is 0 Å². The Hall–Kier alpha value is -1.40. The SMILES string of the molecule is CCNC1COCC1C(=O)NCc1cn[nH]c1. The molecule has 0 saturated carbocycles. The smallest absolute Gasteiger partial charge is 0.227 e. The Morgan fingerprint density at radius 3 is 3.24 bits per heavy atom. The normalized spacial score (nSPS) is 23.8.